The minimum atomic E-state index is -1.02. The Morgan fingerprint density at radius 1 is 0.951 bits per heavy atom. The first-order chi connectivity index (χ1) is 19.9. The summed E-state index contributed by atoms with van der Waals surface area (Å²) in [6.07, 6.45) is 5.42. The van der Waals surface area contributed by atoms with E-state index in [1.807, 2.05) is 54.6 Å². The standard InChI is InChI=1S/C32H38N4O5/c37-25(18-22(32(40)41)17-23-20-34-27-11-5-4-10-26(23)27)19-24(16-21-8-2-1-3-9-21)35-30(38)29-13-7-15-36(29)31(39)28-12-6-14-33-28/h1-5,8-11,20,22,24,28-29,33-34H,6-7,12-19H2,(H,35,38)(H,40,41). The van der Waals surface area contributed by atoms with Gasteiger partial charge < -0.3 is 25.6 Å². The second kappa shape index (κ2) is 13.1. The molecule has 5 rings (SSSR count). The molecule has 2 fully saturated rings. The van der Waals surface area contributed by atoms with E-state index in [2.05, 4.69) is 15.6 Å². The highest BCUT2D eigenvalue weighted by atomic mass is 16.4. The van der Waals surface area contributed by atoms with E-state index >= 15 is 0 Å². The number of aliphatic carboxylic acids is 1. The van der Waals surface area contributed by atoms with E-state index in [0.717, 1.165) is 47.8 Å². The van der Waals surface area contributed by atoms with E-state index in [-0.39, 0.29) is 42.9 Å². The first kappa shape index (κ1) is 28.5. The first-order valence-corrected chi connectivity index (χ1v) is 14.6. The van der Waals surface area contributed by atoms with Crippen LogP contribution in [0.5, 0.6) is 0 Å². The van der Waals surface area contributed by atoms with Gasteiger partial charge in [-0.15, -0.1) is 0 Å². The van der Waals surface area contributed by atoms with Crippen LogP contribution in [0.25, 0.3) is 10.9 Å². The number of carboxylic acids is 1. The average molecular weight is 559 g/mol. The zero-order valence-corrected chi connectivity index (χ0v) is 23.2. The van der Waals surface area contributed by atoms with E-state index in [4.69, 9.17) is 0 Å². The molecule has 3 aromatic rings. The van der Waals surface area contributed by atoms with Crippen molar-refractivity contribution in [1.82, 2.24) is 20.5 Å². The van der Waals surface area contributed by atoms with Crippen LogP contribution in [0.15, 0.2) is 60.8 Å². The smallest absolute Gasteiger partial charge is 0.307 e. The van der Waals surface area contributed by atoms with Gasteiger partial charge in [0, 0.05) is 42.5 Å². The number of Topliss-reactive ketones (excluding diaryl/α,β-unsaturated/α-hetero) is 1. The third kappa shape index (κ3) is 7.03. The van der Waals surface area contributed by atoms with E-state index in [9.17, 15) is 24.3 Å². The summed E-state index contributed by atoms with van der Waals surface area (Å²) in [4.78, 5) is 56.9. The molecule has 4 N–H and O–H groups in total. The van der Waals surface area contributed by atoms with Gasteiger partial charge in [0.1, 0.15) is 11.8 Å². The van der Waals surface area contributed by atoms with Crippen LogP contribution in [0.4, 0.5) is 0 Å². The SMILES string of the molecule is O=C(CC(Cc1ccccc1)NC(=O)C1CCCN1C(=O)C1CCCN1)CC(Cc1c[nH]c2ccccc12)C(=O)O. The Labute approximate surface area is 239 Å². The maximum atomic E-state index is 13.5. The fourth-order valence-corrected chi connectivity index (χ4v) is 6.21. The molecular formula is C32H38N4O5. The van der Waals surface area contributed by atoms with Gasteiger partial charge >= 0.3 is 5.97 Å². The molecule has 2 amide bonds. The zero-order valence-electron chi connectivity index (χ0n) is 23.2. The monoisotopic (exact) mass is 558 g/mol. The lowest BCUT2D eigenvalue weighted by Crippen LogP contribution is -2.53. The molecule has 2 aliphatic rings. The fraction of sp³-hybridized carbons (Fsp3) is 0.438. The maximum Gasteiger partial charge on any atom is 0.307 e. The lowest BCUT2D eigenvalue weighted by atomic mass is 9.91. The topological polar surface area (TPSA) is 132 Å². The number of fused-ring (bicyclic) bond motifs is 1. The number of nitrogens with one attached hydrogen (secondary N) is 3. The number of hydrogen-bond acceptors (Lipinski definition) is 5. The molecule has 216 valence electrons. The fourth-order valence-electron chi connectivity index (χ4n) is 6.21. The summed E-state index contributed by atoms with van der Waals surface area (Å²) in [7, 11) is 0. The van der Waals surface area contributed by atoms with Gasteiger partial charge in [-0.25, -0.2) is 0 Å². The number of para-hydroxylation sites is 1. The number of benzene rings is 2. The van der Waals surface area contributed by atoms with Crippen molar-refractivity contribution in [1.29, 1.82) is 0 Å². The highest BCUT2D eigenvalue weighted by molar-refractivity contribution is 5.91. The van der Waals surface area contributed by atoms with Gasteiger partial charge in [-0.2, -0.15) is 0 Å². The zero-order chi connectivity index (χ0) is 28.8. The molecule has 0 spiro atoms. The number of ketones is 1. The minimum absolute atomic E-state index is 0.0170. The van der Waals surface area contributed by atoms with Crippen molar-refractivity contribution >= 4 is 34.5 Å². The van der Waals surface area contributed by atoms with Gasteiger partial charge in [-0.05, 0) is 62.3 Å². The number of carbonyl (C=O) groups is 4. The van der Waals surface area contributed by atoms with Crippen LogP contribution in [0.3, 0.4) is 0 Å². The van der Waals surface area contributed by atoms with Gasteiger partial charge in [0.2, 0.25) is 11.8 Å². The van der Waals surface area contributed by atoms with Crippen LogP contribution in [0.2, 0.25) is 0 Å². The van der Waals surface area contributed by atoms with Crippen LogP contribution in [0.1, 0.15) is 49.7 Å². The molecule has 9 heteroatoms. The number of H-pyrrole nitrogens is 1. The quantitative estimate of drug-likeness (QED) is 0.270. The molecule has 0 radical (unpaired) electrons. The molecule has 4 atom stereocenters. The summed E-state index contributed by atoms with van der Waals surface area (Å²) < 4.78 is 0. The number of likely N-dealkylation sites (tertiary alicyclic amines) is 1. The van der Waals surface area contributed by atoms with Crippen LogP contribution in [-0.4, -0.2) is 69.8 Å². The summed E-state index contributed by atoms with van der Waals surface area (Å²) in [6, 6.07) is 16.0. The molecule has 4 unspecified atom stereocenters. The van der Waals surface area contributed by atoms with Crippen LogP contribution >= 0.6 is 0 Å². The second-order valence-electron chi connectivity index (χ2n) is 11.3. The molecule has 9 nitrogen and oxygen atoms in total. The number of aromatic amines is 1. The number of carbonyl (C=O) groups excluding carboxylic acids is 3. The number of aromatic nitrogens is 1. The van der Waals surface area contributed by atoms with Gasteiger partial charge in [-0.3, -0.25) is 19.2 Å². The number of amides is 2. The number of carboxylic acid groups (broad SMARTS) is 1. The Morgan fingerprint density at radius 2 is 1.73 bits per heavy atom. The van der Waals surface area contributed by atoms with Gasteiger partial charge in [0.25, 0.3) is 0 Å². The highest BCUT2D eigenvalue weighted by Crippen LogP contribution is 2.24. The van der Waals surface area contributed by atoms with Crippen LogP contribution in [0, 0.1) is 5.92 Å². The van der Waals surface area contributed by atoms with Gasteiger partial charge in [0.15, 0.2) is 0 Å². The second-order valence-corrected chi connectivity index (χ2v) is 11.3. The van der Waals surface area contributed by atoms with Crippen molar-refractivity contribution < 1.29 is 24.3 Å². The van der Waals surface area contributed by atoms with E-state index < -0.39 is 24.0 Å². The molecule has 1 aromatic heterocycles. The molecule has 2 saturated heterocycles. The van der Waals surface area contributed by atoms with Crippen molar-refractivity contribution in [3.63, 3.8) is 0 Å². The Kier molecular flexibility index (Phi) is 9.14. The van der Waals surface area contributed by atoms with Crippen molar-refractivity contribution in [2.24, 2.45) is 5.92 Å². The normalized spacial score (nSPS) is 20.1. The Bertz CT molecular complexity index is 1380. The average Bonchev–Trinajstić information content (AvgIpc) is 3.74. The summed E-state index contributed by atoms with van der Waals surface area (Å²) in [5, 5.41) is 17.2. The van der Waals surface area contributed by atoms with Crippen LogP contribution in [-0.2, 0) is 32.0 Å². The Morgan fingerprint density at radius 3 is 2.49 bits per heavy atom. The lowest BCUT2D eigenvalue weighted by Gasteiger charge is -2.28. The molecular weight excluding hydrogens is 520 g/mol. The molecule has 2 aliphatic heterocycles. The molecule has 3 heterocycles. The largest absolute Gasteiger partial charge is 0.481 e. The summed E-state index contributed by atoms with van der Waals surface area (Å²) in [5.41, 5.74) is 2.75. The Hall–Kier alpha value is -3.98. The predicted molar refractivity (Wildman–Crippen MR) is 155 cm³/mol. The summed E-state index contributed by atoms with van der Waals surface area (Å²) >= 11 is 0. The van der Waals surface area contributed by atoms with Crippen molar-refractivity contribution in [2.75, 3.05) is 13.1 Å². The molecule has 2 aromatic carbocycles. The number of hydrogen-bond donors (Lipinski definition) is 4. The van der Waals surface area contributed by atoms with E-state index in [1.54, 1.807) is 11.1 Å². The van der Waals surface area contributed by atoms with Crippen molar-refractivity contribution in [3.05, 3.63) is 71.9 Å². The van der Waals surface area contributed by atoms with Crippen molar-refractivity contribution in [2.45, 2.75) is 69.5 Å². The minimum Gasteiger partial charge on any atom is -0.481 e. The first-order valence-electron chi connectivity index (χ1n) is 14.6. The predicted octanol–water partition coefficient (Wildman–Crippen LogP) is 3.23. The molecule has 41 heavy (non-hydrogen) atoms. The summed E-state index contributed by atoms with van der Waals surface area (Å²) in [6.45, 7) is 1.35. The summed E-state index contributed by atoms with van der Waals surface area (Å²) in [5.74, 6) is -2.40. The molecule has 0 aliphatic carbocycles. The number of rotatable bonds is 12. The highest BCUT2D eigenvalue weighted by Gasteiger charge is 2.38. The van der Waals surface area contributed by atoms with Crippen molar-refractivity contribution in [3.8, 4) is 0 Å². The van der Waals surface area contributed by atoms with E-state index in [0.29, 0.717) is 19.4 Å². The lowest BCUT2D eigenvalue weighted by molar-refractivity contribution is -0.143. The third-order valence-corrected chi connectivity index (χ3v) is 8.31. The third-order valence-electron chi connectivity index (χ3n) is 8.31. The van der Waals surface area contributed by atoms with Gasteiger partial charge in [0.05, 0.1) is 12.0 Å². The number of nitrogens with zero attached hydrogens (tertiary/aromatic N) is 1. The van der Waals surface area contributed by atoms with E-state index in [1.165, 1.54) is 0 Å². The maximum absolute atomic E-state index is 13.5. The molecule has 0 bridgehead atoms. The Balaban J connectivity index is 1.26. The molecule has 0 saturated carbocycles. The van der Waals surface area contributed by atoms with Crippen LogP contribution < -0.4 is 10.6 Å². The van der Waals surface area contributed by atoms with Gasteiger partial charge in [-0.1, -0.05) is 48.5 Å².